The van der Waals surface area contributed by atoms with Gasteiger partial charge in [0.05, 0.1) is 20.3 Å². The van der Waals surface area contributed by atoms with E-state index in [0.29, 0.717) is 12.3 Å². The zero-order valence-electron chi connectivity index (χ0n) is 14.9. The molecule has 2 atom stereocenters. The summed E-state index contributed by atoms with van der Waals surface area (Å²) < 4.78 is 16.2. The lowest BCUT2D eigenvalue weighted by Crippen LogP contribution is -2.45. The molecule has 0 radical (unpaired) electrons. The van der Waals surface area contributed by atoms with Crippen molar-refractivity contribution in [3.8, 4) is 11.5 Å². The molecule has 0 bridgehead atoms. The van der Waals surface area contributed by atoms with Gasteiger partial charge in [-0.25, -0.2) is 0 Å². The van der Waals surface area contributed by atoms with E-state index < -0.39 is 6.10 Å². The molecule has 5 nitrogen and oxygen atoms in total. The maximum atomic E-state index is 12.9. The minimum absolute atomic E-state index is 0.00124. The maximum absolute atomic E-state index is 12.9. The fourth-order valence-electron chi connectivity index (χ4n) is 3.27. The first-order chi connectivity index (χ1) is 12.1. The Morgan fingerprint density at radius 2 is 1.96 bits per heavy atom. The molecule has 0 N–H and O–H groups in total. The quantitative estimate of drug-likeness (QED) is 0.820. The van der Waals surface area contributed by atoms with Crippen LogP contribution < -0.4 is 9.47 Å². The van der Waals surface area contributed by atoms with Gasteiger partial charge in [0.2, 0.25) is 0 Å². The van der Waals surface area contributed by atoms with E-state index in [0.717, 1.165) is 22.6 Å². The Labute approximate surface area is 152 Å². The number of amides is 1. The second kappa shape index (κ2) is 7.45. The molecule has 2 unspecified atom stereocenters. The van der Waals surface area contributed by atoms with E-state index in [4.69, 9.17) is 14.2 Å². The van der Waals surface area contributed by atoms with Gasteiger partial charge in [-0.2, -0.15) is 0 Å². The lowest BCUT2D eigenvalue weighted by molar-refractivity contribution is -0.143. The number of fused-ring (bicyclic) bond motifs is 1. The van der Waals surface area contributed by atoms with Gasteiger partial charge in [-0.05, 0) is 48.1 Å². The Morgan fingerprint density at radius 1 is 1.24 bits per heavy atom. The maximum Gasteiger partial charge on any atom is 0.252 e. The summed E-state index contributed by atoms with van der Waals surface area (Å²) >= 11 is 1.65. The summed E-state index contributed by atoms with van der Waals surface area (Å²) in [7, 11) is 4.83. The van der Waals surface area contributed by atoms with Crippen molar-refractivity contribution in [3.63, 3.8) is 0 Å². The van der Waals surface area contributed by atoms with Crippen molar-refractivity contribution in [2.75, 3.05) is 27.9 Å². The number of methoxy groups -OCH3 is 3. The van der Waals surface area contributed by atoms with E-state index in [9.17, 15) is 4.79 Å². The molecule has 0 saturated heterocycles. The topological polar surface area (TPSA) is 48.0 Å². The largest absolute Gasteiger partial charge is 0.493 e. The number of hydrogen-bond donors (Lipinski definition) is 0. The first kappa shape index (κ1) is 17.8. The number of rotatable bonds is 5. The molecule has 6 heteroatoms. The first-order valence-corrected chi connectivity index (χ1v) is 9.10. The van der Waals surface area contributed by atoms with Crippen molar-refractivity contribution in [3.05, 3.63) is 45.6 Å². The monoisotopic (exact) mass is 361 g/mol. The summed E-state index contributed by atoms with van der Waals surface area (Å²) in [5.74, 6) is 1.40. The molecule has 1 amide bonds. The van der Waals surface area contributed by atoms with Crippen LogP contribution in [0.3, 0.4) is 0 Å². The molecule has 0 saturated carbocycles. The second-order valence-electron chi connectivity index (χ2n) is 5.98. The summed E-state index contributed by atoms with van der Waals surface area (Å²) in [6.45, 7) is 2.44. The molecule has 1 aliphatic rings. The Morgan fingerprint density at radius 3 is 2.56 bits per heavy atom. The molecule has 2 aromatic rings. The average Bonchev–Trinajstić information content (AvgIpc) is 3.18. The predicted octanol–water partition coefficient (Wildman–Crippen LogP) is 3.27. The Balaban J connectivity index is 2.11. The van der Waals surface area contributed by atoms with Gasteiger partial charge in [0.1, 0.15) is 6.10 Å². The number of hydrogen-bond acceptors (Lipinski definition) is 5. The van der Waals surface area contributed by atoms with E-state index >= 15 is 0 Å². The van der Waals surface area contributed by atoms with Crippen LogP contribution >= 0.6 is 11.3 Å². The van der Waals surface area contributed by atoms with Crippen molar-refractivity contribution in [1.29, 1.82) is 0 Å². The third-order valence-corrected chi connectivity index (χ3v) is 5.60. The van der Waals surface area contributed by atoms with Crippen molar-refractivity contribution >= 4 is 17.2 Å². The third-order valence-electron chi connectivity index (χ3n) is 4.67. The van der Waals surface area contributed by atoms with Crippen molar-refractivity contribution in [1.82, 2.24) is 4.90 Å². The zero-order valence-corrected chi connectivity index (χ0v) is 15.8. The third kappa shape index (κ3) is 3.24. The van der Waals surface area contributed by atoms with Crippen LogP contribution in [-0.4, -0.2) is 44.8 Å². The number of carbonyl (C=O) groups excluding carboxylic acids is 1. The summed E-state index contributed by atoms with van der Waals surface area (Å²) in [5.41, 5.74) is 2.27. The Bertz CT molecular complexity index is 744. The molecular weight excluding hydrogens is 338 g/mol. The van der Waals surface area contributed by atoms with Gasteiger partial charge in [-0.15, -0.1) is 11.3 Å². The highest BCUT2D eigenvalue weighted by Crippen LogP contribution is 2.42. The van der Waals surface area contributed by atoms with Gasteiger partial charge in [0, 0.05) is 18.5 Å². The van der Waals surface area contributed by atoms with Gasteiger partial charge in [-0.1, -0.05) is 6.07 Å². The Hall–Kier alpha value is -2.05. The molecule has 0 aliphatic carbocycles. The van der Waals surface area contributed by atoms with Crippen LogP contribution in [0.4, 0.5) is 0 Å². The molecule has 25 heavy (non-hydrogen) atoms. The zero-order chi connectivity index (χ0) is 18.0. The minimum atomic E-state index is -0.468. The van der Waals surface area contributed by atoms with E-state index in [-0.39, 0.29) is 11.9 Å². The minimum Gasteiger partial charge on any atom is -0.493 e. The first-order valence-electron chi connectivity index (χ1n) is 8.22. The normalized spacial score (nSPS) is 17.8. The van der Waals surface area contributed by atoms with E-state index in [2.05, 4.69) is 6.07 Å². The number of nitrogens with zero attached hydrogens (tertiary/aromatic N) is 1. The Kier molecular flexibility index (Phi) is 5.30. The highest BCUT2D eigenvalue weighted by molar-refractivity contribution is 7.10. The van der Waals surface area contributed by atoms with Crippen LogP contribution in [0.2, 0.25) is 0 Å². The molecular formula is C19H23NO4S. The van der Waals surface area contributed by atoms with Crippen molar-refractivity contribution in [2.45, 2.75) is 25.5 Å². The van der Waals surface area contributed by atoms with Gasteiger partial charge in [0.25, 0.3) is 5.91 Å². The molecule has 0 fully saturated rings. The smallest absolute Gasteiger partial charge is 0.252 e. The van der Waals surface area contributed by atoms with Crippen LogP contribution in [0.5, 0.6) is 11.5 Å². The highest BCUT2D eigenvalue weighted by atomic mass is 32.1. The van der Waals surface area contributed by atoms with Crippen LogP contribution in [0.1, 0.15) is 29.0 Å². The summed E-state index contributed by atoms with van der Waals surface area (Å²) in [6.07, 6.45) is 0.309. The number of benzene rings is 1. The number of ether oxygens (including phenoxy) is 3. The van der Waals surface area contributed by atoms with E-state index in [1.54, 1.807) is 39.6 Å². The van der Waals surface area contributed by atoms with Gasteiger partial charge >= 0.3 is 0 Å². The van der Waals surface area contributed by atoms with Crippen LogP contribution in [-0.2, 0) is 16.0 Å². The molecule has 3 rings (SSSR count). The fourth-order valence-corrected chi connectivity index (χ4v) is 4.13. The van der Waals surface area contributed by atoms with Crippen LogP contribution in [0.25, 0.3) is 0 Å². The number of thiophene rings is 1. The summed E-state index contributed by atoms with van der Waals surface area (Å²) in [4.78, 5) is 15.9. The number of carbonyl (C=O) groups is 1. The highest BCUT2D eigenvalue weighted by Gasteiger charge is 2.35. The predicted molar refractivity (Wildman–Crippen MR) is 97.6 cm³/mol. The summed E-state index contributed by atoms with van der Waals surface area (Å²) in [6, 6.07) is 7.97. The fraction of sp³-hybridized carbons (Fsp3) is 0.421. The molecule has 1 aromatic heterocycles. The molecule has 0 spiro atoms. The molecule has 1 aliphatic heterocycles. The van der Waals surface area contributed by atoms with E-state index in [1.807, 2.05) is 28.5 Å². The lowest BCUT2D eigenvalue weighted by Gasteiger charge is -2.38. The lowest BCUT2D eigenvalue weighted by atomic mass is 9.90. The molecule has 1 aromatic carbocycles. The van der Waals surface area contributed by atoms with Crippen molar-refractivity contribution in [2.24, 2.45) is 0 Å². The average molecular weight is 361 g/mol. The van der Waals surface area contributed by atoms with Crippen molar-refractivity contribution < 1.29 is 19.0 Å². The van der Waals surface area contributed by atoms with E-state index in [1.165, 1.54) is 5.56 Å². The van der Waals surface area contributed by atoms with Crippen LogP contribution in [0.15, 0.2) is 29.6 Å². The van der Waals surface area contributed by atoms with Crippen LogP contribution in [0, 0.1) is 0 Å². The SMILES string of the molecule is COc1cc2c(cc1OC)C(c1cccs1)N(C(=O)C(C)OC)CC2. The molecule has 2 heterocycles. The summed E-state index contributed by atoms with van der Waals surface area (Å²) in [5, 5.41) is 2.03. The van der Waals surface area contributed by atoms with Gasteiger partial charge in [-0.3, -0.25) is 4.79 Å². The van der Waals surface area contributed by atoms with Gasteiger partial charge in [0.15, 0.2) is 11.5 Å². The molecule has 134 valence electrons. The standard InChI is InChI=1S/C19H23NO4S/c1-12(22-2)19(21)20-8-7-13-10-15(23-3)16(24-4)11-14(13)18(20)17-6-5-9-25-17/h5-6,9-12,18H,7-8H2,1-4H3. The van der Waals surface area contributed by atoms with Gasteiger partial charge < -0.3 is 19.1 Å². The second-order valence-corrected chi connectivity index (χ2v) is 6.96.